The van der Waals surface area contributed by atoms with Crippen molar-refractivity contribution in [1.29, 1.82) is 0 Å². The summed E-state index contributed by atoms with van der Waals surface area (Å²) in [5.74, 6) is -1.25. The van der Waals surface area contributed by atoms with Crippen molar-refractivity contribution in [3.05, 3.63) is 60.2 Å². The second kappa shape index (κ2) is 11.2. The highest BCUT2D eigenvalue weighted by Crippen LogP contribution is 2.26. The molecule has 0 aliphatic carbocycles. The Morgan fingerprint density at radius 3 is 2.29 bits per heavy atom. The van der Waals surface area contributed by atoms with Crippen LogP contribution < -0.4 is 5.32 Å². The molecule has 150 valence electrons. The summed E-state index contributed by atoms with van der Waals surface area (Å²) in [6.45, 7) is 4.61. The lowest BCUT2D eigenvalue weighted by molar-refractivity contribution is -0.147. The monoisotopic (exact) mass is 383 g/mol. The maximum Gasteiger partial charge on any atom is 0.308 e. The number of rotatable bonds is 11. The summed E-state index contributed by atoms with van der Waals surface area (Å²) in [6, 6.07) is 18.4. The number of nitrogens with one attached hydrogen (secondary N) is 1. The zero-order valence-electron chi connectivity index (χ0n) is 16.6. The lowest BCUT2D eigenvalue weighted by Crippen LogP contribution is -2.27. The standard InChI is InChI=1S/C23H29NO4/c1-3-28-23(27)17(2)16-21(24-15-7-10-22(25)26)20-13-11-19(12-14-20)18-8-5-4-6-9-18/h4-6,8-9,11-14,17,21,24H,3,7,10,15-16H2,1-2H3,(H,25,26). The molecular formula is C23H29NO4. The van der Waals surface area contributed by atoms with Crippen LogP contribution in [0.25, 0.3) is 11.1 Å². The fourth-order valence-corrected chi connectivity index (χ4v) is 3.13. The topological polar surface area (TPSA) is 75.6 Å². The second-order valence-corrected chi connectivity index (χ2v) is 6.88. The lowest BCUT2D eigenvalue weighted by atomic mass is 9.94. The number of hydrogen-bond donors (Lipinski definition) is 2. The summed E-state index contributed by atoms with van der Waals surface area (Å²) >= 11 is 0. The number of carboxylic acid groups (broad SMARTS) is 1. The fraction of sp³-hybridized carbons (Fsp3) is 0.391. The number of ether oxygens (including phenoxy) is 1. The molecule has 0 saturated heterocycles. The molecule has 0 fully saturated rings. The van der Waals surface area contributed by atoms with Crippen molar-refractivity contribution in [1.82, 2.24) is 5.32 Å². The highest BCUT2D eigenvalue weighted by molar-refractivity contribution is 5.72. The van der Waals surface area contributed by atoms with E-state index in [1.807, 2.05) is 25.1 Å². The number of carbonyl (C=O) groups excluding carboxylic acids is 1. The van der Waals surface area contributed by atoms with Crippen LogP contribution in [-0.2, 0) is 14.3 Å². The Morgan fingerprint density at radius 2 is 1.68 bits per heavy atom. The molecule has 2 atom stereocenters. The zero-order valence-corrected chi connectivity index (χ0v) is 16.6. The summed E-state index contributed by atoms with van der Waals surface area (Å²) in [5.41, 5.74) is 3.36. The van der Waals surface area contributed by atoms with Crippen molar-refractivity contribution in [2.75, 3.05) is 13.2 Å². The van der Waals surface area contributed by atoms with Gasteiger partial charge in [-0.1, -0.05) is 61.5 Å². The summed E-state index contributed by atoms with van der Waals surface area (Å²) in [5, 5.41) is 12.2. The van der Waals surface area contributed by atoms with Crippen LogP contribution in [0, 0.1) is 5.92 Å². The first-order valence-electron chi connectivity index (χ1n) is 9.78. The van der Waals surface area contributed by atoms with E-state index in [1.165, 1.54) is 0 Å². The Balaban J connectivity index is 2.10. The van der Waals surface area contributed by atoms with Crippen LogP contribution in [0.4, 0.5) is 0 Å². The first-order valence-corrected chi connectivity index (χ1v) is 9.78. The van der Waals surface area contributed by atoms with E-state index in [-0.39, 0.29) is 24.3 Å². The third-order valence-electron chi connectivity index (χ3n) is 4.66. The van der Waals surface area contributed by atoms with Crippen LogP contribution in [0.3, 0.4) is 0 Å². The van der Waals surface area contributed by atoms with Crippen LogP contribution in [-0.4, -0.2) is 30.2 Å². The highest BCUT2D eigenvalue weighted by atomic mass is 16.5. The molecule has 2 rings (SSSR count). The SMILES string of the molecule is CCOC(=O)C(C)CC(NCCCC(=O)O)c1ccc(-c2ccccc2)cc1. The van der Waals surface area contributed by atoms with Gasteiger partial charge in [0, 0.05) is 12.5 Å². The fourth-order valence-electron chi connectivity index (χ4n) is 3.13. The Morgan fingerprint density at radius 1 is 1.04 bits per heavy atom. The smallest absolute Gasteiger partial charge is 0.308 e. The Labute approximate surface area is 166 Å². The molecule has 5 nitrogen and oxygen atoms in total. The van der Waals surface area contributed by atoms with Crippen LogP contribution in [0.2, 0.25) is 0 Å². The number of aliphatic carboxylic acids is 1. The molecule has 28 heavy (non-hydrogen) atoms. The van der Waals surface area contributed by atoms with Gasteiger partial charge in [-0.15, -0.1) is 0 Å². The number of benzene rings is 2. The average molecular weight is 383 g/mol. The van der Waals surface area contributed by atoms with Crippen LogP contribution in [0.5, 0.6) is 0 Å². The minimum Gasteiger partial charge on any atom is -0.481 e. The quantitative estimate of drug-likeness (QED) is 0.443. The maximum absolute atomic E-state index is 12.0. The molecule has 0 aliphatic rings. The lowest BCUT2D eigenvalue weighted by Gasteiger charge is -2.22. The van der Waals surface area contributed by atoms with Crippen molar-refractivity contribution in [3.8, 4) is 11.1 Å². The van der Waals surface area contributed by atoms with Crippen molar-refractivity contribution in [2.45, 2.75) is 39.2 Å². The summed E-state index contributed by atoms with van der Waals surface area (Å²) in [4.78, 5) is 22.8. The van der Waals surface area contributed by atoms with Crippen molar-refractivity contribution in [2.24, 2.45) is 5.92 Å². The van der Waals surface area contributed by atoms with Gasteiger partial charge in [0.25, 0.3) is 0 Å². The van der Waals surface area contributed by atoms with E-state index < -0.39 is 5.97 Å². The highest BCUT2D eigenvalue weighted by Gasteiger charge is 2.21. The minimum absolute atomic E-state index is 0.0435. The predicted molar refractivity (Wildman–Crippen MR) is 110 cm³/mol. The van der Waals surface area contributed by atoms with Gasteiger partial charge in [0.2, 0.25) is 0 Å². The van der Waals surface area contributed by atoms with Gasteiger partial charge in [-0.05, 0) is 43.0 Å². The maximum atomic E-state index is 12.0. The molecule has 0 saturated carbocycles. The van der Waals surface area contributed by atoms with Gasteiger partial charge < -0.3 is 15.2 Å². The van der Waals surface area contributed by atoms with Gasteiger partial charge in [0.1, 0.15) is 0 Å². The molecule has 2 N–H and O–H groups in total. The van der Waals surface area contributed by atoms with E-state index in [0.29, 0.717) is 26.0 Å². The molecule has 0 bridgehead atoms. The van der Waals surface area contributed by atoms with E-state index >= 15 is 0 Å². The zero-order chi connectivity index (χ0) is 20.4. The van der Waals surface area contributed by atoms with Gasteiger partial charge in [-0.2, -0.15) is 0 Å². The third-order valence-corrected chi connectivity index (χ3v) is 4.66. The van der Waals surface area contributed by atoms with Crippen molar-refractivity contribution in [3.63, 3.8) is 0 Å². The Hall–Kier alpha value is -2.66. The predicted octanol–water partition coefficient (Wildman–Crippen LogP) is 4.44. The largest absolute Gasteiger partial charge is 0.481 e. The number of esters is 1. The van der Waals surface area contributed by atoms with Gasteiger partial charge in [-0.25, -0.2) is 0 Å². The molecule has 5 heteroatoms. The molecular weight excluding hydrogens is 354 g/mol. The molecule has 2 aromatic rings. The average Bonchev–Trinajstić information content (AvgIpc) is 2.71. The molecule has 0 spiro atoms. The van der Waals surface area contributed by atoms with Gasteiger partial charge in [-0.3, -0.25) is 9.59 Å². The summed E-state index contributed by atoms with van der Waals surface area (Å²) < 4.78 is 5.13. The van der Waals surface area contributed by atoms with Crippen LogP contribution in [0.15, 0.2) is 54.6 Å². The second-order valence-electron chi connectivity index (χ2n) is 6.88. The van der Waals surface area contributed by atoms with E-state index in [9.17, 15) is 9.59 Å². The number of hydrogen-bond acceptors (Lipinski definition) is 4. The number of carbonyl (C=O) groups is 2. The third kappa shape index (κ3) is 6.82. The Bertz CT molecular complexity index is 743. The molecule has 2 aromatic carbocycles. The molecule has 0 aliphatic heterocycles. The van der Waals surface area contributed by atoms with Crippen molar-refractivity contribution >= 4 is 11.9 Å². The van der Waals surface area contributed by atoms with Crippen LogP contribution in [0.1, 0.15) is 44.7 Å². The van der Waals surface area contributed by atoms with E-state index in [1.54, 1.807) is 6.92 Å². The van der Waals surface area contributed by atoms with E-state index in [2.05, 4.69) is 41.7 Å². The first-order chi connectivity index (χ1) is 13.5. The molecule has 0 heterocycles. The van der Waals surface area contributed by atoms with Gasteiger partial charge >= 0.3 is 11.9 Å². The van der Waals surface area contributed by atoms with Crippen molar-refractivity contribution < 1.29 is 19.4 Å². The summed E-state index contributed by atoms with van der Waals surface area (Å²) in [7, 11) is 0. The van der Waals surface area contributed by atoms with E-state index in [0.717, 1.165) is 16.7 Å². The van der Waals surface area contributed by atoms with Crippen LogP contribution >= 0.6 is 0 Å². The molecule has 0 aromatic heterocycles. The molecule has 0 amide bonds. The first kappa shape index (κ1) is 21.6. The number of carboxylic acids is 1. The molecule has 2 unspecified atom stereocenters. The van der Waals surface area contributed by atoms with Gasteiger partial charge in [0.15, 0.2) is 0 Å². The summed E-state index contributed by atoms with van der Waals surface area (Å²) in [6.07, 6.45) is 1.26. The minimum atomic E-state index is -0.801. The normalized spacial score (nSPS) is 12.9. The van der Waals surface area contributed by atoms with E-state index in [4.69, 9.17) is 9.84 Å². The molecule has 0 radical (unpaired) electrons. The Kier molecular flexibility index (Phi) is 8.69. The van der Waals surface area contributed by atoms with Gasteiger partial charge in [0.05, 0.1) is 12.5 Å².